The zero-order valence-electron chi connectivity index (χ0n) is 12.3. The van der Waals surface area contributed by atoms with Gasteiger partial charge < -0.3 is 9.72 Å². The fourth-order valence-electron chi connectivity index (χ4n) is 3.95. The van der Waals surface area contributed by atoms with Gasteiger partial charge in [-0.15, -0.1) is 0 Å². The largest absolute Gasteiger partial charge is 0.497 e. The summed E-state index contributed by atoms with van der Waals surface area (Å²) in [6, 6.07) is 6.09. The van der Waals surface area contributed by atoms with E-state index in [4.69, 9.17) is 4.74 Å². The number of Topliss-reactive ketones (excluding diaryl/α,β-unsaturated/α-hetero) is 1. The van der Waals surface area contributed by atoms with E-state index in [0.29, 0.717) is 12.2 Å². The Morgan fingerprint density at radius 2 is 2.14 bits per heavy atom. The average Bonchev–Trinajstić information content (AvgIpc) is 2.89. The highest BCUT2D eigenvalue weighted by Gasteiger charge is 2.45. The fraction of sp³-hybridized carbons (Fsp3) is 0.471. The van der Waals surface area contributed by atoms with E-state index in [9.17, 15) is 4.79 Å². The minimum atomic E-state index is -0.474. The number of hydrogen-bond acceptors (Lipinski definition) is 3. The fourth-order valence-corrected chi connectivity index (χ4v) is 3.95. The molecule has 2 aromatic rings. The van der Waals surface area contributed by atoms with Crippen molar-refractivity contribution in [3.05, 3.63) is 29.5 Å². The maximum Gasteiger partial charge on any atom is 0.158 e. The SMILES string of the molecule is COc1ccc2[nH]c3c(c2c1)CCNC31CCCCC1=O. The number of fused-ring (bicyclic) bond motifs is 4. The normalized spacial score (nSPS) is 25.3. The van der Waals surface area contributed by atoms with E-state index < -0.39 is 5.54 Å². The second-order valence-electron chi connectivity index (χ2n) is 6.10. The Morgan fingerprint density at radius 3 is 2.95 bits per heavy atom. The first-order valence-corrected chi connectivity index (χ1v) is 7.72. The molecule has 1 saturated carbocycles. The topological polar surface area (TPSA) is 54.1 Å². The first kappa shape index (κ1) is 12.9. The van der Waals surface area contributed by atoms with Crippen LogP contribution in [0, 0.1) is 0 Å². The van der Waals surface area contributed by atoms with Crippen molar-refractivity contribution >= 4 is 16.7 Å². The third kappa shape index (κ3) is 1.75. The van der Waals surface area contributed by atoms with Crippen molar-refractivity contribution in [1.82, 2.24) is 10.3 Å². The molecule has 2 N–H and O–H groups in total. The van der Waals surface area contributed by atoms with Gasteiger partial charge in [-0.25, -0.2) is 0 Å². The molecule has 0 saturated heterocycles. The Morgan fingerprint density at radius 1 is 1.24 bits per heavy atom. The van der Waals surface area contributed by atoms with E-state index in [1.54, 1.807) is 7.11 Å². The summed E-state index contributed by atoms with van der Waals surface area (Å²) in [5.41, 5.74) is 3.01. The summed E-state index contributed by atoms with van der Waals surface area (Å²) in [5, 5.41) is 4.72. The van der Waals surface area contributed by atoms with Crippen LogP contribution in [0.2, 0.25) is 0 Å². The molecule has 1 aromatic carbocycles. The van der Waals surface area contributed by atoms with Crippen molar-refractivity contribution in [3.8, 4) is 5.75 Å². The summed E-state index contributed by atoms with van der Waals surface area (Å²) < 4.78 is 5.34. The lowest BCUT2D eigenvalue weighted by Crippen LogP contribution is -2.54. The van der Waals surface area contributed by atoms with Crippen LogP contribution in [0.1, 0.15) is 36.9 Å². The molecule has 1 aliphatic heterocycles. The van der Waals surface area contributed by atoms with Crippen LogP contribution in [-0.4, -0.2) is 24.4 Å². The molecule has 2 heterocycles. The molecule has 1 aromatic heterocycles. The summed E-state index contributed by atoms with van der Waals surface area (Å²) in [6.45, 7) is 0.864. The Bertz CT molecular complexity index is 719. The standard InChI is InChI=1S/C17H20N2O2/c1-21-11-5-6-14-13(10-11)12-7-9-18-17(16(12)19-14)8-3-2-4-15(17)20/h5-6,10,18-19H,2-4,7-9H2,1H3. The number of carbonyl (C=O) groups excluding carboxylic acids is 1. The van der Waals surface area contributed by atoms with Crippen LogP contribution in [0.5, 0.6) is 5.75 Å². The molecule has 110 valence electrons. The Hall–Kier alpha value is -1.81. The summed E-state index contributed by atoms with van der Waals surface area (Å²) >= 11 is 0. The van der Waals surface area contributed by atoms with Gasteiger partial charge in [0, 0.05) is 29.6 Å². The van der Waals surface area contributed by atoms with E-state index in [0.717, 1.165) is 49.2 Å². The van der Waals surface area contributed by atoms with Crippen LogP contribution in [0.25, 0.3) is 10.9 Å². The summed E-state index contributed by atoms with van der Waals surface area (Å²) in [6.07, 6.45) is 4.67. The number of aromatic nitrogens is 1. The Labute approximate surface area is 123 Å². The predicted molar refractivity (Wildman–Crippen MR) is 81.7 cm³/mol. The molecule has 1 fully saturated rings. The van der Waals surface area contributed by atoms with Gasteiger partial charge in [-0.3, -0.25) is 10.1 Å². The highest BCUT2D eigenvalue weighted by Crippen LogP contribution is 2.41. The smallest absolute Gasteiger partial charge is 0.158 e. The number of rotatable bonds is 1. The monoisotopic (exact) mass is 284 g/mol. The number of H-pyrrole nitrogens is 1. The van der Waals surface area contributed by atoms with Crippen LogP contribution < -0.4 is 10.1 Å². The Balaban J connectivity index is 1.94. The van der Waals surface area contributed by atoms with E-state index in [1.807, 2.05) is 12.1 Å². The van der Waals surface area contributed by atoms with Gasteiger partial charge in [-0.05, 0) is 43.0 Å². The molecule has 1 unspecified atom stereocenters. The van der Waals surface area contributed by atoms with Gasteiger partial charge in [0.2, 0.25) is 0 Å². The Kier molecular flexibility index (Phi) is 2.82. The van der Waals surface area contributed by atoms with Crippen molar-refractivity contribution in [3.63, 3.8) is 0 Å². The number of benzene rings is 1. The van der Waals surface area contributed by atoms with Gasteiger partial charge in [0.1, 0.15) is 11.3 Å². The number of carbonyl (C=O) groups is 1. The molecular formula is C17H20N2O2. The predicted octanol–water partition coefficient (Wildman–Crippen LogP) is 2.66. The lowest BCUT2D eigenvalue weighted by Gasteiger charge is -2.39. The van der Waals surface area contributed by atoms with Gasteiger partial charge >= 0.3 is 0 Å². The molecule has 0 bridgehead atoms. The number of hydrogen-bond donors (Lipinski definition) is 2. The van der Waals surface area contributed by atoms with Gasteiger partial charge in [-0.1, -0.05) is 6.42 Å². The molecule has 1 spiro atoms. The maximum absolute atomic E-state index is 12.6. The zero-order valence-corrected chi connectivity index (χ0v) is 12.3. The van der Waals surface area contributed by atoms with Crippen molar-refractivity contribution in [2.24, 2.45) is 0 Å². The maximum atomic E-state index is 12.6. The molecule has 0 amide bonds. The quantitative estimate of drug-likeness (QED) is 0.846. The van der Waals surface area contributed by atoms with E-state index in [1.165, 1.54) is 10.9 Å². The second kappa shape index (κ2) is 4.60. The summed E-state index contributed by atoms with van der Waals surface area (Å²) in [4.78, 5) is 16.1. The van der Waals surface area contributed by atoms with Gasteiger partial charge in [0.05, 0.1) is 7.11 Å². The zero-order chi connectivity index (χ0) is 14.4. The van der Waals surface area contributed by atoms with Crippen LogP contribution in [0.15, 0.2) is 18.2 Å². The summed E-state index contributed by atoms with van der Waals surface area (Å²) in [5.74, 6) is 1.21. The van der Waals surface area contributed by atoms with Crippen molar-refractivity contribution in [2.75, 3.05) is 13.7 Å². The average molecular weight is 284 g/mol. The minimum Gasteiger partial charge on any atom is -0.497 e. The number of nitrogens with one attached hydrogen (secondary N) is 2. The van der Waals surface area contributed by atoms with Crippen LogP contribution >= 0.6 is 0 Å². The molecular weight excluding hydrogens is 264 g/mol. The molecule has 4 nitrogen and oxygen atoms in total. The molecule has 2 aliphatic rings. The number of ketones is 1. The second-order valence-corrected chi connectivity index (χ2v) is 6.10. The molecule has 4 rings (SSSR count). The highest BCUT2D eigenvalue weighted by atomic mass is 16.5. The van der Waals surface area contributed by atoms with Crippen molar-refractivity contribution < 1.29 is 9.53 Å². The molecule has 0 radical (unpaired) electrons. The third-order valence-electron chi connectivity index (χ3n) is 5.02. The van der Waals surface area contributed by atoms with Crippen LogP contribution in [0.3, 0.4) is 0 Å². The molecule has 4 heteroatoms. The van der Waals surface area contributed by atoms with Crippen LogP contribution in [0.4, 0.5) is 0 Å². The highest BCUT2D eigenvalue weighted by molar-refractivity contribution is 5.95. The van der Waals surface area contributed by atoms with Gasteiger partial charge in [0.15, 0.2) is 5.78 Å². The molecule has 1 atom stereocenters. The first-order valence-electron chi connectivity index (χ1n) is 7.72. The summed E-state index contributed by atoms with van der Waals surface area (Å²) in [7, 11) is 1.69. The third-order valence-corrected chi connectivity index (χ3v) is 5.02. The van der Waals surface area contributed by atoms with E-state index in [2.05, 4.69) is 16.4 Å². The lowest BCUT2D eigenvalue weighted by atomic mass is 9.74. The van der Waals surface area contributed by atoms with Crippen molar-refractivity contribution in [2.45, 2.75) is 37.6 Å². The minimum absolute atomic E-state index is 0.341. The molecule has 21 heavy (non-hydrogen) atoms. The number of methoxy groups -OCH3 is 1. The van der Waals surface area contributed by atoms with Gasteiger partial charge in [0.25, 0.3) is 0 Å². The van der Waals surface area contributed by atoms with E-state index in [-0.39, 0.29) is 0 Å². The van der Waals surface area contributed by atoms with Gasteiger partial charge in [-0.2, -0.15) is 0 Å². The number of ether oxygens (including phenoxy) is 1. The van der Waals surface area contributed by atoms with Crippen LogP contribution in [-0.2, 0) is 16.8 Å². The van der Waals surface area contributed by atoms with Crippen molar-refractivity contribution in [1.29, 1.82) is 0 Å². The van der Waals surface area contributed by atoms with E-state index >= 15 is 0 Å². The first-order chi connectivity index (χ1) is 10.2. The lowest BCUT2D eigenvalue weighted by molar-refractivity contribution is -0.128. The number of aromatic amines is 1. The molecule has 1 aliphatic carbocycles.